The van der Waals surface area contributed by atoms with Crippen LogP contribution in [0.2, 0.25) is 0 Å². The molecule has 0 spiro atoms. The molecule has 0 radical (unpaired) electrons. The van der Waals surface area contributed by atoms with Gasteiger partial charge in [-0.15, -0.1) is 0 Å². The first-order chi connectivity index (χ1) is 11.9. The van der Waals surface area contributed by atoms with Crippen LogP contribution in [0.1, 0.15) is 23.0 Å². The Labute approximate surface area is 151 Å². The van der Waals surface area contributed by atoms with Crippen molar-refractivity contribution in [1.82, 2.24) is 10.6 Å². The van der Waals surface area contributed by atoms with E-state index in [-0.39, 0.29) is 5.70 Å². The number of hydrogen-bond donors (Lipinski definition) is 3. The molecule has 8 heteroatoms. The van der Waals surface area contributed by atoms with Crippen LogP contribution in [0.25, 0.3) is 6.08 Å². The van der Waals surface area contributed by atoms with Gasteiger partial charge in [0.15, 0.2) is 0 Å². The fourth-order valence-electron chi connectivity index (χ4n) is 1.85. The fourth-order valence-corrected chi connectivity index (χ4v) is 2.31. The highest BCUT2D eigenvalue weighted by Crippen LogP contribution is 2.16. The molecule has 25 heavy (non-hydrogen) atoms. The molecule has 1 aromatic carbocycles. The van der Waals surface area contributed by atoms with Crippen molar-refractivity contribution >= 4 is 39.8 Å². The van der Waals surface area contributed by atoms with Gasteiger partial charge in [-0.2, -0.15) is 0 Å². The van der Waals surface area contributed by atoms with Gasteiger partial charge in [-0.05, 0) is 47.1 Å². The molecule has 0 saturated carbocycles. The molecule has 0 saturated heterocycles. The van der Waals surface area contributed by atoms with E-state index >= 15 is 0 Å². The molecule has 130 valence electrons. The lowest BCUT2D eigenvalue weighted by Crippen LogP contribution is -2.42. The topological polar surface area (TPSA) is 109 Å². The van der Waals surface area contributed by atoms with Crippen LogP contribution < -0.4 is 10.6 Å². The number of furan rings is 1. The average molecular weight is 407 g/mol. The molecule has 0 unspecified atom stereocenters. The number of benzene rings is 1. The van der Waals surface area contributed by atoms with E-state index in [0.29, 0.717) is 15.8 Å². The van der Waals surface area contributed by atoms with Crippen LogP contribution in [0.4, 0.5) is 0 Å². The molecular weight excluding hydrogens is 392 g/mol. The molecule has 2 rings (SSSR count). The number of carboxylic acid groups (broad SMARTS) is 1. The molecule has 1 atom stereocenters. The zero-order valence-corrected chi connectivity index (χ0v) is 14.7. The van der Waals surface area contributed by atoms with E-state index in [9.17, 15) is 14.4 Å². The number of carboxylic acids is 1. The summed E-state index contributed by atoms with van der Waals surface area (Å²) in [5.74, 6) is -2.13. The zero-order chi connectivity index (χ0) is 18.4. The highest BCUT2D eigenvalue weighted by atomic mass is 79.9. The molecule has 0 fully saturated rings. The fraction of sp³-hybridized carbons (Fsp3) is 0.118. The summed E-state index contributed by atoms with van der Waals surface area (Å²) in [5.41, 5.74) is 0.190. The van der Waals surface area contributed by atoms with Crippen LogP contribution in [0, 0.1) is 0 Å². The third kappa shape index (κ3) is 5.05. The van der Waals surface area contributed by atoms with Crippen LogP contribution >= 0.6 is 15.9 Å². The molecular formula is C17H15BrN2O5. The van der Waals surface area contributed by atoms with Gasteiger partial charge in [0, 0.05) is 10.5 Å². The zero-order valence-electron chi connectivity index (χ0n) is 13.2. The summed E-state index contributed by atoms with van der Waals surface area (Å²) in [4.78, 5) is 35.7. The molecule has 2 aromatic rings. The number of halogens is 1. The Balaban J connectivity index is 2.26. The number of amides is 2. The molecule has 0 aliphatic heterocycles. The quantitative estimate of drug-likeness (QED) is 0.638. The summed E-state index contributed by atoms with van der Waals surface area (Å²) in [6.07, 6.45) is 2.73. The summed E-state index contributed by atoms with van der Waals surface area (Å²) in [5, 5.41) is 13.7. The van der Waals surface area contributed by atoms with Gasteiger partial charge in [-0.25, -0.2) is 0 Å². The smallest absolute Gasteiger partial charge is 0.325 e. The van der Waals surface area contributed by atoms with E-state index < -0.39 is 23.8 Å². The number of nitrogens with one attached hydrogen (secondary N) is 2. The molecule has 0 aliphatic carbocycles. The number of aliphatic carboxylic acids is 1. The van der Waals surface area contributed by atoms with Crippen molar-refractivity contribution in [3.63, 3.8) is 0 Å². The summed E-state index contributed by atoms with van der Waals surface area (Å²) in [6, 6.07) is 8.81. The summed E-state index contributed by atoms with van der Waals surface area (Å²) < 4.78 is 5.70. The van der Waals surface area contributed by atoms with Gasteiger partial charge in [-0.1, -0.05) is 12.1 Å². The summed E-state index contributed by atoms with van der Waals surface area (Å²) in [6.45, 7) is 1.32. The second kappa shape index (κ2) is 8.29. The maximum absolute atomic E-state index is 12.4. The van der Waals surface area contributed by atoms with Crippen molar-refractivity contribution in [1.29, 1.82) is 0 Å². The third-order valence-electron chi connectivity index (χ3n) is 3.16. The molecule has 0 bridgehead atoms. The minimum absolute atomic E-state index is 0.135. The average Bonchev–Trinajstić information content (AvgIpc) is 3.07. The van der Waals surface area contributed by atoms with Gasteiger partial charge in [-0.3, -0.25) is 14.4 Å². The summed E-state index contributed by atoms with van der Waals surface area (Å²) in [7, 11) is 0. The van der Waals surface area contributed by atoms with E-state index in [4.69, 9.17) is 9.52 Å². The number of rotatable bonds is 6. The van der Waals surface area contributed by atoms with E-state index in [1.165, 1.54) is 19.3 Å². The number of carbonyl (C=O) groups is 3. The predicted octanol–water partition coefficient (Wildman–Crippen LogP) is 2.40. The van der Waals surface area contributed by atoms with Crippen molar-refractivity contribution in [2.24, 2.45) is 0 Å². The Morgan fingerprint density at radius 1 is 1.20 bits per heavy atom. The minimum atomic E-state index is -1.19. The third-order valence-corrected chi connectivity index (χ3v) is 3.85. The van der Waals surface area contributed by atoms with Crippen LogP contribution in [-0.2, 0) is 9.59 Å². The Morgan fingerprint density at radius 3 is 2.52 bits per heavy atom. The van der Waals surface area contributed by atoms with Crippen molar-refractivity contribution < 1.29 is 23.9 Å². The first kappa shape index (κ1) is 18.5. The van der Waals surface area contributed by atoms with Gasteiger partial charge in [0.1, 0.15) is 17.5 Å². The van der Waals surface area contributed by atoms with Crippen molar-refractivity contribution in [2.45, 2.75) is 13.0 Å². The van der Waals surface area contributed by atoms with E-state index in [2.05, 4.69) is 26.6 Å². The molecule has 7 nitrogen and oxygen atoms in total. The number of hydrogen-bond acceptors (Lipinski definition) is 4. The van der Waals surface area contributed by atoms with Gasteiger partial charge in [0.2, 0.25) is 0 Å². The lowest BCUT2D eigenvalue weighted by Gasteiger charge is -2.13. The largest absolute Gasteiger partial charge is 0.480 e. The Bertz CT molecular complexity index is 814. The van der Waals surface area contributed by atoms with Gasteiger partial charge in [0.25, 0.3) is 11.8 Å². The SMILES string of the molecule is C[C@@H](NC(=O)/C(=C\c1ccco1)NC(=O)c1ccccc1Br)C(=O)O. The predicted molar refractivity (Wildman–Crippen MR) is 93.5 cm³/mol. The van der Waals surface area contributed by atoms with Gasteiger partial charge < -0.3 is 20.2 Å². The van der Waals surface area contributed by atoms with Crippen molar-refractivity contribution in [3.8, 4) is 0 Å². The normalized spacial score (nSPS) is 12.3. The molecule has 1 heterocycles. The van der Waals surface area contributed by atoms with Crippen molar-refractivity contribution in [2.75, 3.05) is 0 Å². The van der Waals surface area contributed by atoms with Crippen molar-refractivity contribution in [3.05, 3.63) is 64.2 Å². The van der Waals surface area contributed by atoms with Crippen LogP contribution in [0.15, 0.2) is 57.2 Å². The van der Waals surface area contributed by atoms with Crippen LogP contribution in [-0.4, -0.2) is 28.9 Å². The minimum Gasteiger partial charge on any atom is -0.480 e. The monoisotopic (exact) mass is 406 g/mol. The molecule has 3 N–H and O–H groups in total. The van der Waals surface area contributed by atoms with E-state index in [0.717, 1.165) is 0 Å². The molecule has 1 aromatic heterocycles. The maximum Gasteiger partial charge on any atom is 0.325 e. The highest BCUT2D eigenvalue weighted by Gasteiger charge is 2.20. The van der Waals surface area contributed by atoms with Gasteiger partial charge in [0.05, 0.1) is 11.8 Å². The van der Waals surface area contributed by atoms with E-state index in [1.807, 2.05) is 0 Å². The molecule has 2 amide bonds. The lowest BCUT2D eigenvalue weighted by molar-refractivity contribution is -0.140. The first-order valence-corrected chi connectivity index (χ1v) is 8.02. The van der Waals surface area contributed by atoms with E-state index in [1.54, 1.807) is 36.4 Å². The Kier molecular flexibility index (Phi) is 6.13. The van der Waals surface area contributed by atoms with Crippen LogP contribution in [0.5, 0.6) is 0 Å². The molecule has 0 aliphatic rings. The lowest BCUT2D eigenvalue weighted by atomic mass is 10.2. The first-order valence-electron chi connectivity index (χ1n) is 7.23. The van der Waals surface area contributed by atoms with Crippen LogP contribution in [0.3, 0.4) is 0 Å². The maximum atomic E-state index is 12.4. The highest BCUT2D eigenvalue weighted by molar-refractivity contribution is 9.10. The summed E-state index contributed by atoms with van der Waals surface area (Å²) >= 11 is 3.27. The second-order valence-electron chi connectivity index (χ2n) is 5.04. The Morgan fingerprint density at radius 2 is 1.92 bits per heavy atom. The number of carbonyl (C=O) groups excluding carboxylic acids is 2. The second-order valence-corrected chi connectivity index (χ2v) is 5.90. The Hall–Kier alpha value is -2.87. The van der Waals surface area contributed by atoms with Gasteiger partial charge >= 0.3 is 5.97 Å². The standard InChI is InChI=1S/C17H15BrN2O5/c1-10(17(23)24)19-16(22)14(9-11-5-4-8-25-11)20-15(21)12-6-2-3-7-13(12)18/h2-10H,1H3,(H,19,22)(H,20,21)(H,23,24)/b14-9+/t10-/m1/s1.